The van der Waals surface area contributed by atoms with Gasteiger partial charge in [0.05, 0.1) is 5.60 Å². The van der Waals surface area contributed by atoms with E-state index in [9.17, 15) is 9.90 Å². The second-order valence-electron chi connectivity index (χ2n) is 7.20. The van der Waals surface area contributed by atoms with Crippen LogP contribution in [0.25, 0.3) is 0 Å². The van der Waals surface area contributed by atoms with E-state index in [2.05, 4.69) is 27.7 Å². The van der Waals surface area contributed by atoms with Crippen molar-refractivity contribution >= 4 is 5.91 Å². The predicted octanol–water partition coefficient (Wildman–Crippen LogP) is 2.04. The summed E-state index contributed by atoms with van der Waals surface area (Å²) >= 11 is 0. The summed E-state index contributed by atoms with van der Waals surface area (Å²) in [5.74, 6) is 0.438. The summed E-state index contributed by atoms with van der Waals surface area (Å²) in [6.45, 7) is 12.0. The summed E-state index contributed by atoms with van der Waals surface area (Å²) in [7, 11) is 0. The highest BCUT2D eigenvalue weighted by Gasteiger charge is 2.68. The lowest BCUT2D eigenvalue weighted by Crippen LogP contribution is -2.46. The van der Waals surface area contributed by atoms with Gasteiger partial charge >= 0.3 is 0 Å². The van der Waals surface area contributed by atoms with Crippen LogP contribution < -0.4 is 0 Å². The first-order valence-electron chi connectivity index (χ1n) is 6.61. The van der Waals surface area contributed by atoms with Crippen LogP contribution in [0.2, 0.25) is 0 Å². The van der Waals surface area contributed by atoms with Crippen molar-refractivity contribution in [3.63, 3.8) is 0 Å². The fraction of sp³-hybridized carbons (Fsp3) is 0.929. The molecule has 1 saturated carbocycles. The molecule has 1 aliphatic heterocycles. The Balaban J connectivity index is 2.00. The molecule has 3 nitrogen and oxygen atoms in total. The topological polar surface area (TPSA) is 40.5 Å². The van der Waals surface area contributed by atoms with Gasteiger partial charge in [-0.3, -0.25) is 4.79 Å². The summed E-state index contributed by atoms with van der Waals surface area (Å²) in [5.41, 5.74) is -0.348. The number of carbonyl (C=O) groups is 1. The standard InChI is InChI=1S/C14H25NO2/c1-12(2)10(13(12,3)4)11(16)15-8-6-14(5,17)7-9-15/h10,17H,6-9H2,1-5H3. The quantitative estimate of drug-likeness (QED) is 0.760. The molecule has 0 bridgehead atoms. The number of amides is 1. The molecule has 1 aliphatic carbocycles. The maximum Gasteiger partial charge on any atom is 0.226 e. The SMILES string of the molecule is CC1(O)CCN(C(=O)C2C(C)(C)C2(C)C)CC1. The van der Waals surface area contributed by atoms with E-state index in [1.54, 1.807) is 0 Å². The summed E-state index contributed by atoms with van der Waals surface area (Å²) in [4.78, 5) is 14.4. The van der Waals surface area contributed by atoms with Crippen LogP contribution in [-0.2, 0) is 4.79 Å². The molecule has 98 valence electrons. The van der Waals surface area contributed by atoms with Crippen LogP contribution in [0.1, 0.15) is 47.5 Å². The first-order chi connectivity index (χ1) is 7.59. The van der Waals surface area contributed by atoms with Gasteiger partial charge in [0.1, 0.15) is 0 Å². The molecule has 0 aromatic heterocycles. The fourth-order valence-corrected chi connectivity index (χ4v) is 3.21. The van der Waals surface area contributed by atoms with Gasteiger partial charge in [0.15, 0.2) is 0 Å². The molecule has 0 atom stereocenters. The Hall–Kier alpha value is -0.570. The number of hydrogen-bond acceptors (Lipinski definition) is 2. The van der Waals surface area contributed by atoms with E-state index in [-0.39, 0.29) is 22.7 Å². The Morgan fingerprint density at radius 1 is 1.06 bits per heavy atom. The van der Waals surface area contributed by atoms with Crippen molar-refractivity contribution < 1.29 is 9.90 Å². The maximum absolute atomic E-state index is 12.4. The molecule has 3 heteroatoms. The number of aliphatic hydroxyl groups is 1. The minimum absolute atomic E-state index is 0.115. The minimum atomic E-state index is -0.578. The molecular formula is C14H25NO2. The second kappa shape index (κ2) is 3.47. The van der Waals surface area contributed by atoms with Crippen LogP contribution in [0, 0.1) is 16.7 Å². The van der Waals surface area contributed by atoms with Gasteiger partial charge in [-0.1, -0.05) is 27.7 Å². The average Bonchev–Trinajstić information content (AvgIpc) is 2.56. The van der Waals surface area contributed by atoms with Crippen LogP contribution >= 0.6 is 0 Å². The van der Waals surface area contributed by atoms with Crippen LogP contribution in [0.4, 0.5) is 0 Å². The van der Waals surface area contributed by atoms with Crippen molar-refractivity contribution in [1.29, 1.82) is 0 Å². The largest absolute Gasteiger partial charge is 0.390 e. The van der Waals surface area contributed by atoms with Crippen LogP contribution in [0.3, 0.4) is 0 Å². The van der Waals surface area contributed by atoms with E-state index in [0.717, 1.165) is 0 Å². The molecule has 1 amide bonds. The van der Waals surface area contributed by atoms with E-state index in [0.29, 0.717) is 25.9 Å². The summed E-state index contributed by atoms with van der Waals surface area (Å²) in [5, 5.41) is 9.90. The van der Waals surface area contributed by atoms with Crippen molar-refractivity contribution in [1.82, 2.24) is 4.90 Å². The van der Waals surface area contributed by atoms with Crippen LogP contribution in [0.15, 0.2) is 0 Å². The molecule has 2 fully saturated rings. The number of nitrogens with zero attached hydrogens (tertiary/aromatic N) is 1. The van der Waals surface area contributed by atoms with Crippen molar-refractivity contribution in [3.05, 3.63) is 0 Å². The lowest BCUT2D eigenvalue weighted by molar-refractivity contribution is -0.137. The Bertz CT molecular complexity index is 320. The van der Waals surface area contributed by atoms with Gasteiger partial charge in [0.25, 0.3) is 0 Å². The van der Waals surface area contributed by atoms with Crippen LogP contribution in [-0.4, -0.2) is 34.6 Å². The molecule has 2 rings (SSSR count). The summed E-state index contributed by atoms with van der Waals surface area (Å²) in [6, 6.07) is 0. The highest BCUT2D eigenvalue weighted by molar-refractivity contribution is 5.84. The Morgan fingerprint density at radius 2 is 1.47 bits per heavy atom. The van der Waals surface area contributed by atoms with E-state index in [1.165, 1.54) is 0 Å². The van der Waals surface area contributed by atoms with E-state index < -0.39 is 5.60 Å². The molecule has 0 radical (unpaired) electrons. The average molecular weight is 239 g/mol. The number of hydrogen-bond donors (Lipinski definition) is 1. The molecule has 0 aromatic carbocycles. The van der Waals surface area contributed by atoms with Crippen molar-refractivity contribution in [3.8, 4) is 0 Å². The molecular weight excluding hydrogens is 214 g/mol. The molecule has 1 N–H and O–H groups in total. The molecule has 0 aromatic rings. The van der Waals surface area contributed by atoms with Crippen LogP contribution in [0.5, 0.6) is 0 Å². The van der Waals surface area contributed by atoms with E-state index >= 15 is 0 Å². The molecule has 1 saturated heterocycles. The Kier molecular flexibility index (Phi) is 2.63. The molecule has 17 heavy (non-hydrogen) atoms. The number of piperidine rings is 1. The zero-order valence-corrected chi connectivity index (χ0v) is 11.7. The third kappa shape index (κ3) is 1.88. The Labute approximate surface area is 104 Å². The summed E-state index contributed by atoms with van der Waals surface area (Å²) in [6.07, 6.45) is 1.40. The number of carbonyl (C=O) groups excluding carboxylic acids is 1. The molecule has 0 unspecified atom stereocenters. The highest BCUT2D eigenvalue weighted by Crippen LogP contribution is 2.68. The van der Waals surface area contributed by atoms with E-state index in [1.807, 2.05) is 11.8 Å². The third-order valence-electron chi connectivity index (χ3n) is 5.42. The second-order valence-corrected chi connectivity index (χ2v) is 7.20. The maximum atomic E-state index is 12.4. The number of rotatable bonds is 1. The van der Waals surface area contributed by atoms with Gasteiger partial charge < -0.3 is 10.0 Å². The van der Waals surface area contributed by atoms with Gasteiger partial charge in [-0.05, 0) is 30.6 Å². The third-order valence-corrected chi connectivity index (χ3v) is 5.42. The first kappa shape index (κ1) is 12.9. The van der Waals surface area contributed by atoms with E-state index in [4.69, 9.17) is 0 Å². The highest BCUT2D eigenvalue weighted by atomic mass is 16.3. The lowest BCUT2D eigenvalue weighted by Gasteiger charge is -2.36. The summed E-state index contributed by atoms with van der Waals surface area (Å²) < 4.78 is 0. The normalized spacial score (nSPS) is 30.1. The minimum Gasteiger partial charge on any atom is -0.390 e. The predicted molar refractivity (Wildman–Crippen MR) is 67.5 cm³/mol. The molecule has 1 heterocycles. The van der Waals surface area contributed by atoms with Gasteiger partial charge in [-0.2, -0.15) is 0 Å². The van der Waals surface area contributed by atoms with Crippen molar-refractivity contribution in [2.45, 2.75) is 53.1 Å². The number of likely N-dealkylation sites (tertiary alicyclic amines) is 1. The van der Waals surface area contributed by atoms with Gasteiger partial charge in [-0.15, -0.1) is 0 Å². The van der Waals surface area contributed by atoms with Gasteiger partial charge in [-0.25, -0.2) is 0 Å². The first-order valence-corrected chi connectivity index (χ1v) is 6.61. The zero-order chi connectivity index (χ0) is 13.1. The van der Waals surface area contributed by atoms with Gasteiger partial charge in [0.2, 0.25) is 5.91 Å². The van der Waals surface area contributed by atoms with Gasteiger partial charge in [0, 0.05) is 19.0 Å². The molecule has 2 aliphatic rings. The van der Waals surface area contributed by atoms with Crippen molar-refractivity contribution in [2.24, 2.45) is 16.7 Å². The smallest absolute Gasteiger partial charge is 0.226 e. The fourth-order valence-electron chi connectivity index (χ4n) is 3.21. The Morgan fingerprint density at radius 3 is 1.82 bits per heavy atom. The van der Waals surface area contributed by atoms with Crippen molar-refractivity contribution in [2.75, 3.05) is 13.1 Å². The lowest BCUT2D eigenvalue weighted by atomic mass is 9.93. The molecule has 0 spiro atoms. The zero-order valence-electron chi connectivity index (χ0n) is 11.7. The monoisotopic (exact) mass is 239 g/mol.